The van der Waals surface area contributed by atoms with Crippen LogP contribution in [0.25, 0.3) is 0 Å². The number of amides is 2. The molecule has 0 unspecified atom stereocenters. The van der Waals surface area contributed by atoms with E-state index in [4.69, 9.17) is 4.74 Å². The Kier molecular flexibility index (Phi) is 6.24. The Hall–Kier alpha value is -1.56. The van der Waals surface area contributed by atoms with Crippen LogP contribution in [0.15, 0.2) is 12.7 Å². The third-order valence-electron chi connectivity index (χ3n) is 4.58. The Morgan fingerprint density at radius 1 is 1.36 bits per heavy atom. The molecule has 0 radical (unpaired) electrons. The lowest BCUT2D eigenvalue weighted by atomic mass is 9.98. The first-order valence-electron chi connectivity index (χ1n) is 8.08. The second kappa shape index (κ2) is 8.17. The minimum absolute atomic E-state index is 0.0655. The Balaban J connectivity index is 1.80. The SMILES string of the molecule is C=CCOC[C@H]1CCN(C(=O)N[C@H](C(=O)O)C2CCCC2)C1. The highest BCUT2D eigenvalue weighted by atomic mass is 16.5. The third kappa shape index (κ3) is 4.47. The summed E-state index contributed by atoms with van der Waals surface area (Å²) in [4.78, 5) is 25.4. The van der Waals surface area contributed by atoms with Crippen molar-refractivity contribution in [1.29, 1.82) is 0 Å². The molecule has 2 rings (SSSR count). The van der Waals surface area contributed by atoms with Gasteiger partial charge in [0.2, 0.25) is 0 Å². The first-order chi connectivity index (χ1) is 10.6. The molecule has 124 valence electrons. The van der Waals surface area contributed by atoms with Gasteiger partial charge < -0.3 is 20.1 Å². The van der Waals surface area contributed by atoms with Gasteiger partial charge in [-0.25, -0.2) is 9.59 Å². The molecule has 6 heteroatoms. The number of carbonyl (C=O) groups excluding carboxylic acids is 1. The number of rotatable bonds is 7. The summed E-state index contributed by atoms with van der Waals surface area (Å²) >= 11 is 0. The fraction of sp³-hybridized carbons (Fsp3) is 0.750. The van der Waals surface area contributed by atoms with Crippen molar-refractivity contribution in [2.24, 2.45) is 11.8 Å². The lowest BCUT2D eigenvalue weighted by Crippen LogP contribution is -2.50. The van der Waals surface area contributed by atoms with Gasteiger partial charge in [0.05, 0.1) is 13.2 Å². The summed E-state index contributed by atoms with van der Waals surface area (Å²) in [6, 6.07) is -1.02. The van der Waals surface area contributed by atoms with Gasteiger partial charge in [0, 0.05) is 19.0 Å². The molecule has 1 saturated heterocycles. The van der Waals surface area contributed by atoms with E-state index in [1.165, 1.54) is 0 Å². The molecule has 1 heterocycles. The van der Waals surface area contributed by atoms with Crippen LogP contribution in [0.5, 0.6) is 0 Å². The highest BCUT2D eigenvalue weighted by Gasteiger charge is 2.34. The summed E-state index contributed by atoms with van der Waals surface area (Å²) in [5.41, 5.74) is 0. The van der Waals surface area contributed by atoms with Gasteiger partial charge in [-0.2, -0.15) is 0 Å². The van der Waals surface area contributed by atoms with E-state index in [9.17, 15) is 14.7 Å². The van der Waals surface area contributed by atoms with Crippen molar-refractivity contribution in [2.45, 2.75) is 38.1 Å². The number of hydrogen-bond acceptors (Lipinski definition) is 3. The molecule has 1 aliphatic carbocycles. The van der Waals surface area contributed by atoms with Crippen molar-refractivity contribution in [3.8, 4) is 0 Å². The molecule has 0 aromatic carbocycles. The highest BCUT2D eigenvalue weighted by molar-refractivity contribution is 5.83. The van der Waals surface area contributed by atoms with E-state index in [1.807, 2.05) is 0 Å². The van der Waals surface area contributed by atoms with Gasteiger partial charge in [0.25, 0.3) is 0 Å². The molecule has 2 amide bonds. The van der Waals surface area contributed by atoms with Crippen molar-refractivity contribution >= 4 is 12.0 Å². The predicted molar refractivity (Wildman–Crippen MR) is 82.6 cm³/mol. The van der Waals surface area contributed by atoms with Crippen LogP contribution < -0.4 is 5.32 Å². The first-order valence-corrected chi connectivity index (χ1v) is 8.08. The Morgan fingerprint density at radius 2 is 2.09 bits per heavy atom. The number of nitrogens with zero attached hydrogens (tertiary/aromatic N) is 1. The monoisotopic (exact) mass is 310 g/mol. The van der Waals surface area contributed by atoms with Crippen molar-refractivity contribution in [3.05, 3.63) is 12.7 Å². The van der Waals surface area contributed by atoms with E-state index >= 15 is 0 Å². The molecule has 0 bridgehead atoms. The fourth-order valence-electron chi connectivity index (χ4n) is 3.37. The molecule has 2 aliphatic rings. The van der Waals surface area contributed by atoms with E-state index < -0.39 is 12.0 Å². The van der Waals surface area contributed by atoms with Crippen molar-refractivity contribution in [2.75, 3.05) is 26.3 Å². The summed E-state index contributed by atoms with van der Waals surface area (Å²) in [7, 11) is 0. The van der Waals surface area contributed by atoms with Crippen LogP contribution in [0, 0.1) is 11.8 Å². The van der Waals surface area contributed by atoms with Gasteiger partial charge in [-0.05, 0) is 25.2 Å². The number of likely N-dealkylation sites (tertiary alicyclic amines) is 1. The molecule has 2 fully saturated rings. The lowest BCUT2D eigenvalue weighted by molar-refractivity contribution is -0.140. The number of carboxylic acid groups (broad SMARTS) is 1. The zero-order chi connectivity index (χ0) is 15.9. The standard InChI is InChI=1S/C16H26N2O4/c1-2-9-22-11-12-7-8-18(10-12)16(21)17-14(15(19)20)13-5-3-4-6-13/h2,12-14H,1,3-11H2,(H,17,21)(H,19,20)/t12-,14-/m0/s1. The second-order valence-corrected chi connectivity index (χ2v) is 6.24. The Labute approximate surface area is 131 Å². The average Bonchev–Trinajstić information content (AvgIpc) is 3.16. The van der Waals surface area contributed by atoms with Gasteiger partial charge in [0.15, 0.2) is 0 Å². The van der Waals surface area contributed by atoms with Gasteiger partial charge in [-0.3, -0.25) is 0 Å². The molecule has 0 spiro atoms. The first kappa shape index (κ1) is 16.8. The minimum atomic E-state index is -0.926. The summed E-state index contributed by atoms with van der Waals surface area (Å²) < 4.78 is 5.42. The highest BCUT2D eigenvalue weighted by Crippen LogP contribution is 2.28. The van der Waals surface area contributed by atoms with Gasteiger partial charge in [-0.15, -0.1) is 6.58 Å². The Bertz CT molecular complexity index is 407. The molecule has 2 atom stereocenters. The van der Waals surface area contributed by atoms with Crippen molar-refractivity contribution in [1.82, 2.24) is 10.2 Å². The van der Waals surface area contributed by atoms with Crippen LogP contribution in [0.2, 0.25) is 0 Å². The van der Waals surface area contributed by atoms with Gasteiger partial charge in [0.1, 0.15) is 6.04 Å². The topological polar surface area (TPSA) is 78.9 Å². The van der Waals surface area contributed by atoms with Crippen LogP contribution >= 0.6 is 0 Å². The summed E-state index contributed by atoms with van der Waals surface area (Å²) in [6.45, 7) is 6.01. The minimum Gasteiger partial charge on any atom is -0.480 e. The summed E-state index contributed by atoms with van der Waals surface area (Å²) in [6.07, 6.45) is 6.47. The number of aliphatic carboxylic acids is 1. The lowest BCUT2D eigenvalue weighted by Gasteiger charge is -2.24. The molecular weight excluding hydrogens is 284 g/mol. The Morgan fingerprint density at radius 3 is 2.73 bits per heavy atom. The number of urea groups is 1. The molecular formula is C16H26N2O4. The number of ether oxygens (including phenoxy) is 1. The van der Waals surface area contributed by atoms with E-state index in [-0.39, 0.29) is 11.9 Å². The predicted octanol–water partition coefficient (Wildman–Crippen LogP) is 1.86. The van der Waals surface area contributed by atoms with E-state index in [2.05, 4.69) is 11.9 Å². The molecule has 1 aliphatic heterocycles. The van der Waals surface area contributed by atoms with Crippen LogP contribution in [-0.4, -0.2) is 54.4 Å². The van der Waals surface area contributed by atoms with Crippen molar-refractivity contribution < 1.29 is 19.4 Å². The molecule has 6 nitrogen and oxygen atoms in total. The van der Waals surface area contributed by atoms with Crippen molar-refractivity contribution in [3.63, 3.8) is 0 Å². The molecule has 0 aromatic rings. The smallest absolute Gasteiger partial charge is 0.326 e. The fourth-order valence-corrected chi connectivity index (χ4v) is 3.37. The molecule has 22 heavy (non-hydrogen) atoms. The largest absolute Gasteiger partial charge is 0.480 e. The van der Waals surface area contributed by atoms with E-state index in [1.54, 1.807) is 11.0 Å². The summed E-state index contributed by atoms with van der Waals surface area (Å²) in [5.74, 6) is -0.540. The van der Waals surface area contributed by atoms with E-state index in [0.29, 0.717) is 32.2 Å². The molecule has 0 aromatic heterocycles. The second-order valence-electron chi connectivity index (χ2n) is 6.24. The zero-order valence-electron chi connectivity index (χ0n) is 13.0. The van der Waals surface area contributed by atoms with Crippen LogP contribution in [0.1, 0.15) is 32.1 Å². The van der Waals surface area contributed by atoms with E-state index in [0.717, 1.165) is 32.1 Å². The maximum Gasteiger partial charge on any atom is 0.326 e. The van der Waals surface area contributed by atoms with Gasteiger partial charge >= 0.3 is 12.0 Å². The van der Waals surface area contributed by atoms with Crippen LogP contribution in [0.4, 0.5) is 4.79 Å². The number of hydrogen-bond donors (Lipinski definition) is 2. The number of carboxylic acids is 1. The molecule has 1 saturated carbocycles. The van der Waals surface area contributed by atoms with Crippen LogP contribution in [-0.2, 0) is 9.53 Å². The quantitative estimate of drug-likeness (QED) is 0.556. The maximum atomic E-state index is 12.3. The maximum absolute atomic E-state index is 12.3. The summed E-state index contributed by atoms with van der Waals surface area (Å²) in [5, 5.41) is 12.1. The zero-order valence-corrected chi connectivity index (χ0v) is 13.0. The normalized spacial score (nSPS) is 23.5. The number of nitrogens with one attached hydrogen (secondary N) is 1. The van der Waals surface area contributed by atoms with Crippen LogP contribution in [0.3, 0.4) is 0 Å². The number of carbonyl (C=O) groups is 2. The average molecular weight is 310 g/mol. The third-order valence-corrected chi connectivity index (χ3v) is 4.58. The molecule has 2 N–H and O–H groups in total. The van der Waals surface area contributed by atoms with Gasteiger partial charge in [-0.1, -0.05) is 18.9 Å².